The number of halogens is 1. The summed E-state index contributed by atoms with van der Waals surface area (Å²) >= 11 is 5.92. The molecule has 4 heteroatoms. The number of hydrogen-bond acceptors (Lipinski definition) is 3. The number of nitrogens with two attached hydrogens (primary N) is 1. The van der Waals surface area contributed by atoms with Gasteiger partial charge < -0.3 is 10.8 Å². The van der Waals surface area contributed by atoms with E-state index in [4.69, 9.17) is 17.3 Å². The van der Waals surface area contributed by atoms with Crippen molar-refractivity contribution in [1.29, 1.82) is 0 Å². The Labute approximate surface area is 111 Å². The summed E-state index contributed by atoms with van der Waals surface area (Å²) in [5, 5.41) is 11.2. The molecule has 0 spiro atoms. The molecule has 1 atom stereocenters. The first-order chi connectivity index (χ1) is 8.43. The monoisotopic (exact) mass is 262 g/mol. The molecule has 0 fully saturated rings. The maximum atomic E-state index is 10.8. The fourth-order valence-electron chi connectivity index (χ4n) is 2.10. The van der Waals surface area contributed by atoms with Crippen molar-refractivity contribution in [2.75, 3.05) is 5.73 Å². The van der Waals surface area contributed by atoms with Gasteiger partial charge in [0.05, 0.1) is 5.02 Å². The number of nitrogens with zero attached hydrogens (tertiary/aromatic N) is 1. The lowest BCUT2D eigenvalue weighted by molar-refractivity contribution is 0.102. The Hall–Kier alpha value is -1.58. The molecule has 1 heterocycles. The zero-order valence-electron chi connectivity index (χ0n) is 10.3. The lowest BCUT2D eigenvalue weighted by atomic mass is 9.86. The van der Waals surface area contributed by atoms with Crippen LogP contribution in [0.4, 0.5) is 5.82 Å². The largest absolute Gasteiger partial charge is 0.383 e. The Morgan fingerprint density at radius 1 is 1.28 bits per heavy atom. The van der Waals surface area contributed by atoms with E-state index in [9.17, 15) is 5.11 Å². The van der Waals surface area contributed by atoms with Crippen molar-refractivity contribution in [1.82, 2.24) is 4.98 Å². The molecular weight excluding hydrogens is 248 g/mol. The summed E-state index contributed by atoms with van der Waals surface area (Å²) in [5.41, 5.74) is 6.92. The van der Waals surface area contributed by atoms with Gasteiger partial charge in [0.2, 0.25) is 0 Å². The van der Waals surface area contributed by atoms with Gasteiger partial charge in [-0.05, 0) is 31.0 Å². The van der Waals surface area contributed by atoms with Gasteiger partial charge in [0.15, 0.2) is 0 Å². The van der Waals surface area contributed by atoms with E-state index >= 15 is 0 Å². The van der Waals surface area contributed by atoms with Crippen LogP contribution < -0.4 is 5.73 Å². The van der Waals surface area contributed by atoms with Gasteiger partial charge in [-0.2, -0.15) is 0 Å². The van der Waals surface area contributed by atoms with Crippen molar-refractivity contribution in [3.8, 4) is 0 Å². The first-order valence-corrected chi connectivity index (χ1v) is 6.00. The topological polar surface area (TPSA) is 59.1 Å². The molecule has 0 saturated heterocycles. The Morgan fingerprint density at radius 2 is 1.94 bits per heavy atom. The van der Waals surface area contributed by atoms with Crippen LogP contribution in [0.3, 0.4) is 0 Å². The van der Waals surface area contributed by atoms with Gasteiger partial charge in [-0.3, -0.25) is 0 Å². The zero-order valence-corrected chi connectivity index (χ0v) is 11.1. The fourth-order valence-corrected chi connectivity index (χ4v) is 2.26. The number of aromatic nitrogens is 1. The molecule has 0 aliphatic carbocycles. The Kier molecular flexibility index (Phi) is 3.28. The van der Waals surface area contributed by atoms with Crippen LogP contribution in [0.25, 0.3) is 0 Å². The van der Waals surface area contributed by atoms with Crippen molar-refractivity contribution in [3.63, 3.8) is 0 Å². The standard InChI is InChI=1S/C14H15ClN2O/c1-9-5-3-4-6-11(9)14(2,18)12-7-10(15)8-17-13(12)16/h3-8,18H,1-2H3,(H2,16,17). The Balaban J connectivity index is 2.61. The smallest absolute Gasteiger partial charge is 0.129 e. The van der Waals surface area contributed by atoms with E-state index in [0.29, 0.717) is 10.6 Å². The van der Waals surface area contributed by atoms with Gasteiger partial charge in [0, 0.05) is 11.8 Å². The van der Waals surface area contributed by atoms with E-state index in [1.807, 2.05) is 31.2 Å². The molecule has 0 aliphatic heterocycles. The molecule has 0 bridgehead atoms. The molecule has 0 aliphatic rings. The van der Waals surface area contributed by atoms with Gasteiger partial charge in [0.25, 0.3) is 0 Å². The number of hydrogen-bond donors (Lipinski definition) is 2. The second-order valence-corrected chi connectivity index (χ2v) is 4.91. The SMILES string of the molecule is Cc1ccccc1C(C)(O)c1cc(Cl)cnc1N. The lowest BCUT2D eigenvalue weighted by Gasteiger charge is -2.27. The van der Waals surface area contributed by atoms with Gasteiger partial charge in [-0.25, -0.2) is 4.98 Å². The second-order valence-electron chi connectivity index (χ2n) is 4.47. The molecule has 2 aromatic rings. The summed E-state index contributed by atoms with van der Waals surface area (Å²) in [6.45, 7) is 3.64. The summed E-state index contributed by atoms with van der Waals surface area (Å²) in [6.07, 6.45) is 1.47. The molecule has 1 aromatic carbocycles. The van der Waals surface area contributed by atoms with E-state index in [1.165, 1.54) is 6.20 Å². The van der Waals surface area contributed by atoms with Crippen molar-refractivity contribution >= 4 is 17.4 Å². The van der Waals surface area contributed by atoms with Crippen LogP contribution >= 0.6 is 11.6 Å². The molecule has 2 rings (SSSR count). The quantitative estimate of drug-likeness (QED) is 0.875. The first-order valence-electron chi connectivity index (χ1n) is 5.63. The van der Waals surface area contributed by atoms with Crippen molar-refractivity contribution in [2.45, 2.75) is 19.4 Å². The van der Waals surface area contributed by atoms with Crippen LogP contribution in [0, 0.1) is 6.92 Å². The van der Waals surface area contributed by atoms with E-state index in [0.717, 1.165) is 11.1 Å². The summed E-state index contributed by atoms with van der Waals surface area (Å²) in [6, 6.07) is 9.27. The third-order valence-corrected chi connectivity index (χ3v) is 3.29. The summed E-state index contributed by atoms with van der Waals surface area (Å²) in [5.74, 6) is 0.285. The highest BCUT2D eigenvalue weighted by Crippen LogP contribution is 2.34. The fraction of sp³-hybridized carbons (Fsp3) is 0.214. The Bertz CT molecular complexity index is 582. The van der Waals surface area contributed by atoms with E-state index in [1.54, 1.807) is 13.0 Å². The second kappa shape index (κ2) is 4.59. The maximum absolute atomic E-state index is 10.8. The normalized spacial score (nSPS) is 14.2. The number of aliphatic hydroxyl groups is 1. The van der Waals surface area contributed by atoms with E-state index in [2.05, 4.69) is 4.98 Å². The highest BCUT2D eigenvalue weighted by Gasteiger charge is 2.29. The number of rotatable bonds is 2. The van der Waals surface area contributed by atoms with Crippen LogP contribution in [-0.4, -0.2) is 10.1 Å². The van der Waals surface area contributed by atoms with Crippen LogP contribution in [0.15, 0.2) is 36.5 Å². The average Bonchev–Trinajstić information content (AvgIpc) is 2.32. The Morgan fingerprint density at radius 3 is 2.61 bits per heavy atom. The number of benzene rings is 1. The van der Waals surface area contributed by atoms with Crippen molar-refractivity contribution < 1.29 is 5.11 Å². The third kappa shape index (κ3) is 2.19. The minimum Gasteiger partial charge on any atom is -0.383 e. The van der Waals surface area contributed by atoms with Crippen molar-refractivity contribution in [2.24, 2.45) is 0 Å². The predicted octanol–water partition coefficient (Wildman–Crippen LogP) is 2.88. The average molecular weight is 263 g/mol. The van der Waals surface area contributed by atoms with Crippen molar-refractivity contribution in [3.05, 3.63) is 58.2 Å². The lowest BCUT2D eigenvalue weighted by Crippen LogP contribution is -2.25. The number of pyridine rings is 1. The molecule has 3 N–H and O–H groups in total. The summed E-state index contributed by atoms with van der Waals surface area (Å²) < 4.78 is 0. The molecule has 18 heavy (non-hydrogen) atoms. The number of nitrogen functional groups attached to an aromatic ring is 1. The zero-order chi connectivity index (χ0) is 13.3. The van der Waals surface area contributed by atoms with E-state index < -0.39 is 5.60 Å². The molecule has 3 nitrogen and oxygen atoms in total. The minimum atomic E-state index is -1.21. The highest BCUT2D eigenvalue weighted by molar-refractivity contribution is 6.30. The number of anilines is 1. The highest BCUT2D eigenvalue weighted by atomic mass is 35.5. The molecule has 1 unspecified atom stereocenters. The van der Waals surface area contributed by atoms with Gasteiger partial charge in [0.1, 0.15) is 11.4 Å². The summed E-state index contributed by atoms with van der Waals surface area (Å²) in [4.78, 5) is 3.99. The maximum Gasteiger partial charge on any atom is 0.129 e. The van der Waals surface area contributed by atoms with Crippen LogP contribution in [0.5, 0.6) is 0 Å². The van der Waals surface area contributed by atoms with Crippen LogP contribution in [0.2, 0.25) is 5.02 Å². The molecule has 0 amide bonds. The third-order valence-electron chi connectivity index (χ3n) is 3.08. The first kappa shape index (κ1) is 12.9. The molecule has 0 saturated carbocycles. The van der Waals surface area contributed by atoms with Crippen LogP contribution in [0.1, 0.15) is 23.6 Å². The summed E-state index contributed by atoms with van der Waals surface area (Å²) in [7, 11) is 0. The minimum absolute atomic E-state index is 0.285. The van der Waals surface area contributed by atoms with E-state index in [-0.39, 0.29) is 5.82 Å². The molecule has 94 valence electrons. The van der Waals surface area contributed by atoms with Crippen LogP contribution in [-0.2, 0) is 5.60 Å². The molecule has 0 radical (unpaired) electrons. The van der Waals surface area contributed by atoms with Gasteiger partial charge in [-0.15, -0.1) is 0 Å². The van der Waals surface area contributed by atoms with Gasteiger partial charge >= 0.3 is 0 Å². The van der Waals surface area contributed by atoms with Gasteiger partial charge in [-0.1, -0.05) is 35.9 Å². The number of aryl methyl sites for hydroxylation is 1. The molecular formula is C14H15ClN2O. The predicted molar refractivity (Wildman–Crippen MR) is 73.5 cm³/mol. The molecule has 1 aromatic heterocycles.